The number of nitrogens with one attached hydrogen (secondary N) is 2. The van der Waals surface area contributed by atoms with Gasteiger partial charge in [-0.3, -0.25) is 19.7 Å². The summed E-state index contributed by atoms with van der Waals surface area (Å²) in [4.78, 5) is 38.1. The zero-order valence-electron chi connectivity index (χ0n) is 15.3. The minimum atomic E-state index is -0.579. The summed E-state index contributed by atoms with van der Waals surface area (Å²) in [5.41, 5.74) is 8.28. The Balaban J connectivity index is 1.74. The molecule has 1 unspecified atom stereocenters. The van der Waals surface area contributed by atoms with Crippen molar-refractivity contribution in [3.8, 4) is 0 Å². The van der Waals surface area contributed by atoms with Crippen LogP contribution in [0.3, 0.4) is 0 Å². The molecular weight excluding hydrogens is 332 g/mol. The van der Waals surface area contributed by atoms with Crippen LogP contribution in [0.15, 0.2) is 18.2 Å². The van der Waals surface area contributed by atoms with Crippen molar-refractivity contribution in [1.29, 1.82) is 0 Å². The number of nitrogens with two attached hydrogens (primary N) is 1. The lowest BCUT2D eigenvalue weighted by atomic mass is 9.93. The van der Waals surface area contributed by atoms with Gasteiger partial charge in [0.15, 0.2) is 0 Å². The first-order valence-corrected chi connectivity index (χ1v) is 8.98. The van der Waals surface area contributed by atoms with E-state index in [0.717, 1.165) is 17.7 Å². The van der Waals surface area contributed by atoms with E-state index in [1.54, 1.807) is 4.90 Å². The fourth-order valence-corrected chi connectivity index (χ4v) is 3.44. The number of carbonyl (C=O) groups excluding carboxylic acids is 3. The molecule has 26 heavy (non-hydrogen) atoms. The van der Waals surface area contributed by atoms with E-state index in [4.69, 9.17) is 5.73 Å². The minimum absolute atomic E-state index is 0.0132. The molecule has 1 atom stereocenters. The van der Waals surface area contributed by atoms with Crippen LogP contribution >= 0.6 is 0 Å². The Bertz CT molecular complexity index is 744. The minimum Gasteiger partial charge on any atom is -0.330 e. The molecule has 4 N–H and O–H groups in total. The van der Waals surface area contributed by atoms with Crippen molar-refractivity contribution < 1.29 is 14.4 Å². The fraction of sp³-hybridized carbons (Fsp3) is 0.526. The number of nitrogens with zero attached hydrogens (tertiary/aromatic N) is 1. The number of carbonyl (C=O) groups is 3. The zero-order chi connectivity index (χ0) is 18.9. The highest BCUT2D eigenvalue weighted by molar-refractivity contribution is 6.05. The molecule has 7 heteroatoms. The van der Waals surface area contributed by atoms with Gasteiger partial charge in [-0.2, -0.15) is 0 Å². The molecule has 7 nitrogen and oxygen atoms in total. The molecule has 0 radical (unpaired) electrons. The van der Waals surface area contributed by atoms with Crippen LogP contribution in [-0.4, -0.2) is 41.8 Å². The summed E-state index contributed by atoms with van der Waals surface area (Å²) in [6.07, 6.45) is 0.641. The van der Waals surface area contributed by atoms with Crippen LogP contribution in [0.5, 0.6) is 0 Å². The zero-order valence-corrected chi connectivity index (χ0v) is 15.3. The first kappa shape index (κ1) is 18.5. The number of benzene rings is 1. The normalized spacial score (nSPS) is 20.3. The predicted molar refractivity (Wildman–Crippen MR) is 97.0 cm³/mol. The van der Waals surface area contributed by atoms with Gasteiger partial charge in [0.05, 0.1) is 0 Å². The van der Waals surface area contributed by atoms with Crippen molar-refractivity contribution in [2.24, 2.45) is 11.1 Å². The standard InChI is InChI=1S/C19H26N4O3/c1-19(2,10-20)11-21-8-12-4-3-5-13-9-23(18(26)16(12)13)14-6-7-15(24)22-17(14)25/h3-5,14,21H,6-11,20H2,1-2H3,(H,22,24,25). The molecule has 1 aromatic rings. The highest BCUT2D eigenvalue weighted by Crippen LogP contribution is 2.29. The topological polar surface area (TPSA) is 105 Å². The fourth-order valence-electron chi connectivity index (χ4n) is 3.44. The van der Waals surface area contributed by atoms with Crippen LogP contribution in [0, 0.1) is 5.41 Å². The monoisotopic (exact) mass is 358 g/mol. The predicted octanol–water partition coefficient (Wildman–Crippen LogP) is 0.522. The second-order valence-corrected chi connectivity index (χ2v) is 7.82. The average Bonchev–Trinajstić information content (AvgIpc) is 2.92. The van der Waals surface area contributed by atoms with Gasteiger partial charge in [0.25, 0.3) is 5.91 Å². The lowest BCUT2D eigenvalue weighted by Crippen LogP contribution is -2.52. The quantitative estimate of drug-likeness (QED) is 0.643. The van der Waals surface area contributed by atoms with Crippen molar-refractivity contribution >= 4 is 17.7 Å². The number of imide groups is 1. The molecule has 1 saturated heterocycles. The summed E-state index contributed by atoms with van der Waals surface area (Å²) in [6.45, 7) is 6.48. The highest BCUT2D eigenvalue weighted by atomic mass is 16.2. The van der Waals surface area contributed by atoms with E-state index in [1.165, 1.54) is 0 Å². The summed E-state index contributed by atoms with van der Waals surface area (Å²) < 4.78 is 0. The van der Waals surface area contributed by atoms with Gasteiger partial charge < -0.3 is 16.0 Å². The van der Waals surface area contributed by atoms with Gasteiger partial charge in [-0.15, -0.1) is 0 Å². The molecule has 2 heterocycles. The van der Waals surface area contributed by atoms with Gasteiger partial charge in [-0.1, -0.05) is 32.0 Å². The molecule has 0 aromatic heterocycles. The van der Waals surface area contributed by atoms with Crippen molar-refractivity contribution in [3.05, 3.63) is 34.9 Å². The maximum Gasteiger partial charge on any atom is 0.255 e. The van der Waals surface area contributed by atoms with E-state index >= 15 is 0 Å². The van der Waals surface area contributed by atoms with E-state index in [2.05, 4.69) is 24.5 Å². The van der Waals surface area contributed by atoms with E-state index < -0.39 is 6.04 Å². The van der Waals surface area contributed by atoms with Crippen molar-refractivity contribution in [2.45, 2.75) is 45.8 Å². The average molecular weight is 358 g/mol. The molecule has 140 valence electrons. The van der Waals surface area contributed by atoms with E-state index in [1.807, 2.05) is 18.2 Å². The van der Waals surface area contributed by atoms with Crippen molar-refractivity contribution in [1.82, 2.24) is 15.5 Å². The van der Waals surface area contributed by atoms with Gasteiger partial charge in [-0.25, -0.2) is 0 Å². The van der Waals surface area contributed by atoms with E-state index in [0.29, 0.717) is 31.6 Å². The molecular formula is C19H26N4O3. The Hall–Kier alpha value is -2.25. The van der Waals surface area contributed by atoms with Crippen molar-refractivity contribution in [3.63, 3.8) is 0 Å². The molecule has 3 amide bonds. The Morgan fingerprint density at radius 1 is 1.31 bits per heavy atom. The van der Waals surface area contributed by atoms with Gasteiger partial charge in [0.2, 0.25) is 11.8 Å². The first-order valence-electron chi connectivity index (χ1n) is 8.98. The maximum absolute atomic E-state index is 13.0. The molecule has 1 fully saturated rings. The smallest absolute Gasteiger partial charge is 0.255 e. The summed E-state index contributed by atoms with van der Waals surface area (Å²) >= 11 is 0. The lowest BCUT2D eigenvalue weighted by Gasteiger charge is -2.29. The summed E-state index contributed by atoms with van der Waals surface area (Å²) in [7, 11) is 0. The first-order chi connectivity index (χ1) is 12.3. The van der Waals surface area contributed by atoms with E-state index in [9.17, 15) is 14.4 Å². The Morgan fingerprint density at radius 3 is 2.77 bits per heavy atom. The van der Waals surface area contributed by atoms with Gasteiger partial charge in [-0.05, 0) is 29.5 Å². The summed E-state index contributed by atoms with van der Waals surface area (Å²) in [5, 5.41) is 5.71. The highest BCUT2D eigenvalue weighted by Gasteiger charge is 2.39. The molecule has 2 aliphatic heterocycles. The van der Waals surface area contributed by atoms with Gasteiger partial charge in [0, 0.05) is 31.6 Å². The molecule has 0 aliphatic carbocycles. The van der Waals surface area contributed by atoms with E-state index in [-0.39, 0.29) is 29.6 Å². The molecule has 0 saturated carbocycles. The number of hydrogen-bond acceptors (Lipinski definition) is 5. The van der Waals surface area contributed by atoms with Crippen LogP contribution in [0.25, 0.3) is 0 Å². The molecule has 0 spiro atoms. The van der Waals surface area contributed by atoms with Gasteiger partial charge >= 0.3 is 0 Å². The van der Waals surface area contributed by atoms with Crippen LogP contribution in [-0.2, 0) is 22.7 Å². The molecule has 0 bridgehead atoms. The van der Waals surface area contributed by atoms with Gasteiger partial charge in [0.1, 0.15) is 6.04 Å². The second kappa shape index (κ2) is 7.17. The maximum atomic E-state index is 13.0. The summed E-state index contributed by atoms with van der Waals surface area (Å²) in [5.74, 6) is -0.792. The SMILES string of the molecule is CC(C)(CN)CNCc1cccc2c1C(=O)N(C1CCC(=O)NC1=O)C2. The Kier molecular flexibility index (Phi) is 5.11. The third-order valence-electron chi connectivity index (χ3n) is 5.11. The number of fused-ring (bicyclic) bond motifs is 1. The number of rotatable bonds is 6. The summed E-state index contributed by atoms with van der Waals surface area (Å²) in [6, 6.07) is 5.22. The third-order valence-corrected chi connectivity index (χ3v) is 5.11. The van der Waals surface area contributed by atoms with Crippen LogP contribution in [0.2, 0.25) is 0 Å². The van der Waals surface area contributed by atoms with Crippen LogP contribution in [0.4, 0.5) is 0 Å². The Morgan fingerprint density at radius 2 is 2.08 bits per heavy atom. The van der Waals surface area contributed by atoms with Crippen LogP contribution in [0.1, 0.15) is 48.2 Å². The van der Waals surface area contributed by atoms with Crippen LogP contribution < -0.4 is 16.4 Å². The second-order valence-electron chi connectivity index (χ2n) is 7.82. The largest absolute Gasteiger partial charge is 0.330 e. The lowest BCUT2D eigenvalue weighted by molar-refractivity contribution is -0.136. The number of hydrogen-bond donors (Lipinski definition) is 3. The molecule has 2 aliphatic rings. The Labute approximate surface area is 153 Å². The number of piperidine rings is 1. The number of amides is 3. The molecule has 1 aromatic carbocycles. The molecule has 3 rings (SSSR count). The van der Waals surface area contributed by atoms with Crippen molar-refractivity contribution in [2.75, 3.05) is 13.1 Å². The third kappa shape index (κ3) is 3.64.